The van der Waals surface area contributed by atoms with E-state index in [9.17, 15) is 0 Å². The summed E-state index contributed by atoms with van der Waals surface area (Å²) in [5, 5.41) is 0. The van der Waals surface area contributed by atoms with E-state index in [0.717, 1.165) is 16.8 Å². The lowest BCUT2D eigenvalue weighted by molar-refractivity contribution is 0.393. The normalized spacial score (nSPS) is 24.1. The standard InChI is InChI=1S/C12H18BrN3O/c1-4-9-6-5-8(2)16(9)12-14-7-10(13)11(15-12)17-3/h7-9H,4-6H2,1-3H3. The highest BCUT2D eigenvalue weighted by Gasteiger charge is 2.31. The monoisotopic (exact) mass is 299 g/mol. The van der Waals surface area contributed by atoms with Crippen molar-refractivity contribution in [2.24, 2.45) is 0 Å². The minimum absolute atomic E-state index is 0.505. The van der Waals surface area contributed by atoms with Gasteiger partial charge in [0.2, 0.25) is 11.8 Å². The molecule has 0 N–H and O–H groups in total. The minimum Gasteiger partial charge on any atom is -0.480 e. The molecule has 94 valence electrons. The third-order valence-corrected chi connectivity index (χ3v) is 3.92. The molecule has 0 saturated carbocycles. The highest BCUT2D eigenvalue weighted by atomic mass is 79.9. The van der Waals surface area contributed by atoms with E-state index < -0.39 is 0 Å². The first-order valence-corrected chi connectivity index (χ1v) is 6.81. The van der Waals surface area contributed by atoms with E-state index in [0.29, 0.717) is 18.0 Å². The molecule has 5 heteroatoms. The first-order chi connectivity index (χ1) is 8.17. The number of hydrogen-bond donors (Lipinski definition) is 0. The Balaban J connectivity index is 2.32. The van der Waals surface area contributed by atoms with E-state index in [1.807, 2.05) is 0 Å². The van der Waals surface area contributed by atoms with E-state index in [-0.39, 0.29) is 0 Å². The number of rotatable bonds is 3. The number of ether oxygens (including phenoxy) is 1. The Morgan fingerprint density at radius 1 is 1.53 bits per heavy atom. The average molecular weight is 300 g/mol. The summed E-state index contributed by atoms with van der Waals surface area (Å²) in [7, 11) is 1.63. The Morgan fingerprint density at radius 2 is 2.29 bits per heavy atom. The number of halogens is 1. The maximum atomic E-state index is 5.22. The lowest BCUT2D eigenvalue weighted by Crippen LogP contribution is -2.35. The van der Waals surface area contributed by atoms with Crippen LogP contribution in [0.25, 0.3) is 0 Å². The molecule has 0 aliphatic carbocycles. The average Bonchev–Trinajstić information content (AvgIpc) is 2.71. The number of methoxy groups -OCH3 is 1. The molecule has 0 aromatic carbocycles. The van der Waals surface area contributed by atoms with Gasteiger partial charge in [-0.25, -0.2) is 4.98 Å². The molecule has 0 bridgehead atoms. The van der Waals surface area contributed by atoms with Gasteiger partial charge in [-0.05, 0) is 42.1 Å². The highest BCUT2D eigenvalue weighted by molar-refractivity contribution is 9.10. The molecule has 2 unspecified atom stereocenters. The number of anilines is 1. The quantitative estimate of drug-likeness (QED) is 0.860. The van der Waals surface area contributed by atoms with Crippen molar-refractivity contribution >= 4 is 21.9 Å². The molecule has 2 rings (SSSR count). The van der Waals surface area contributed by atoms with Crippen molar-refractivity contribution in [1.82, 2.24) is 9.97 Å². The fourth-order valence-corrected chi connectivity index (χ4v) is 2.80. The molecule has 0 amide bonds. The van der Waals surface area contributed by atoms with Gasteiger partial charge in [0.1, 0.15) is 0 Å². The SMILES string of the molecule is CCC1CCC(C)N1c1ncc(Br)c(OC)n1. The molecule has 2 heterocycles. The highest BCUT2D eigenvalue weighted by Crippen LogP contribution is 2.32. The van der Waals surface area contributed by atoms with Crippen LogP contribution in [0.2, 0.25) is 0 Å². The topological polar surface area (TPSA) is 38.2 Å². The van der Waals surface area contributed by atoms with Crippen LogP contribution < -0.4 is 9.64 Å². The zero-order valence-corrected chi connectivity index (χ0v) is 12.1. The Bertz CT molecular complexity index is 399. The molecular formula is C12H18BrN3O. The van der Waals surface area contributed by atoms with E-state index in [1.165, 1.54) is 12.8 Å². The zero-order chi connectivity index (χ0) is 12.4. The van der Waals surface area contributed by atoms with Crippen molar-refractivity contribution in [1.29, 1.82) is 0 Å². The maximum absolute atomic E-state index is 5.22. The molecule has 4 nitrogen and oxygen atoms in total. The molecular weight excluding hydrogens is 282 g/mol. The summed E-state index contributed by atoms with van der Waals surface area (Å²) < 4.78 is 6.02. The molecule has 17 heavy (non-hydrogen) atoms. The van der Waals surface area contributed by atoms with Crippen molar-refractivity contribution in [3.8, 4) is 5.88 Å². The second-order valence-electron chi connectivity index (χ2n) is 4.42. The zero-order valence-electron chi connectivity index (χ0n) is 10.5. The molecule has 1 aromatic rings. The van der Waals surface area contributed by atoms with Gasteiger partial charge in [-0.2, -0.15) is 4.98 Å². The van der Waals surface area contributed by atoms with Crippen LogP contribution in [0.3, 0.4) is 0 Å². The van der Waals surface area contributed by atoms with Gasteiger partial charge in [0, 0.05) is 12.1 Å². The van der Waals surface area contributed by atoms with Crippen molar-refractivity contribution in [2.75, 3.05) is 12.0 Å². The Labute approximate surface area is 111 Å². The largest absolute Gasteiger partial charge is 0.480 e. The Hall–Kier alpha value is -0.840. The third kappa shape index (κ3) is 2.39. The van der Waals surface area contributed by atoms with Crippen LogP contribution in [0.15, 0.2) is 10.7 Å². The van der Waals surface area contributed by atoms with Gasteiger partial charge < -0.3 is 9.64 Å². The van der Waals surface area contributed by atoms with Gasteiger partial charge in [-0.3, -0.25) is 0 Å². The molecule has 1 aliphatic heterocycles. The van der Waals surface area contributed by atoms with Crippen molar-refractivity contribution in [2.45, 2.75) is 45.2 Å². The van der Waals surface area contributed by atoms with Gasteiger partial charge in [0.05, 0.1) is 17.8 Å². The molecule has 0 spiro atoms. The molecule has 1 saturated heterocycles. The number of aromatic nitrogens is 2. The van der Waals surface area contributed by atoms with Crippen LogP contribution in [0, 0.1) is 0 Å². The summed E-state index contributed by atoms with van der Waals surface area (Å²) in [6.07, 6.45) is 5.32. The minimum atomic E-state index is 0.505. The fourth-order valence-electron chi connectivity index (χ4n) is 2.44. The Kier molecular flexibility index (Phi) is 3.86. The van der Waals surface area contributed by atoms with Gasteiger partial charge >= 0.3 is 0 Å². The summed E-state index contributed by atoms with van der Waals surface area (Å²) in [5.74, 6) is 1.38. The number of nitrogens with zero attached hydrogens (tertiary/aromatic N) is 3. The van der Waals surface area contributed by atoms with Gasteiger partial charge in [-0.15, -0.1) is 0 Å². The second kappa shape index (κ2) is 5.21. The lowest BCUT2D eigenvalue weighted by Gasteiger charge is -2.28. The van der Waals surface area contributed by atoms with Gasteiger partial charge in [0.15, 0.2) is 0 Å². The predicted molar refractivity (Wildman–Crippen MR) is 71.5 cm³/mol. The van der Waals surface area contributed by atoms with E-state index >= 15 is 0 Å². The first-order valence-electron chi connectivity index (χ1n) is 6.02. The molecule has 1 aliphatic rings. The number of hydrogen-bond acceptors (Lipinski definition) is 4. The maximum Gasteiger partial charge on any atom is 0.232 e. The Morgan fingerprint density at radius 3 is 2.94 bits per heavy atom. The van der Waals surface area contributed by atoms with Crippen LogP contribution >= 0.6 is 15.9 Å². The van der Waals surface area contributed by atoms with Crippen LogP contribution in [0.4, 0.5) is 5.95 Å². The summed E-state index contributed by atoms with van der Waals surface area (Å²) in [6, 6.07) is 1.06. The van der Waals surface area contributed by atoms with Crippen molar-refractivity contribution in [3.63, 3.8) is 0 Å². The molecule has 1 fully saturated rings. The summed E-state index contributed by atoms with van der Waals surface area (Å²) in [5.41, 5.74) is 0. The van der Waals surface area contributed by atoms with Crippen LogP contribution in [-0.4, -0.2) is 29.2 Å². The van der Waals surface area contributed by atoms with Crippen LogP contribution in [-0.2, 0) is 0 Å². The first kappa shape index (κ1) is 12.6. The van der Waals surface area contributed by atoms with Crippen LogP contribution in [0.1, 0.15) is 33.1 Å². The molecule has 2 atom stereocenters. The third-order valence-electron chi connectivity index (χ3n) is 3.38. The fraction of sp³-hybridized carbons (Fsp3) is 0.667. The summed E-state index contributed by atoms with van der Waals surface area (Å²) in [6.45, 7) is 4.44. The van der Waals surface area contributed by atoms with E-state index in [2.05, 4.69) is 44.6 Å². The van der Waals surface area contributed by atoms with Crippen molar-refractivity contribution < 1.29 is 4.74 Å². The van der Waals surface area contributed by atoms with Gasteiger partial charge in [0.25, 0.3) is 0 Å². The predicted octanol–water partition coefficient (Wildman–Crippen LogP) is 3.02. The second-order valence-corrected chi connectivity index (χ2v) is 5.28. The van der Waals surface area contributed by atoms with E-state index in [1.54, 1.807) is 13.3 Å². The summed E-state index contributed by atoms with van der Waals surface area (Å²) >= 11 is 3.38. The lowest BCUT2D eigenvalue weighted by atomic mass is 10.2. The summed E-state index contributed by atoms with van der Waals surface area (Å²) in [4.78, 5) is 11.2. The molecule has 1 aromatic heterocycles. The molecule has 0 radical (unpaired) electrons. The van der Waals surface area contributed by atoms with Crippen molar-refractivity contribution in [3.05, 3.63) is 10.7 Å². The van der Waals surface area contributed by atoms with E-state index in [4.69, 9.17) is 4.74 Å². The van der Waals surface area contributed by atoms with Gasteiger partial charge in [-0.1, -0.05) is 6.92 Å². The van der Waals surface area contributed by atoms with Crippen LogP contribution in [0.5, 0.6) is 5.88 Å². The smallest absolute Gasteiger partial charge is 0.232 e.